The van der Waals surface area contributed by atoms with Crippen molar-refractivity contribution in [1.82, 2.24) is 10.3 Å². The number of phenolic OH excluding ortho intramolecular Hbond substituents is 2. The molecule has 2 N–H and O–H groups in total. The Morgan fingerprint density at radius 3 is 2.78 bits per heavy atom. The van der Waals surface area contributed by atoms with Gasteiger partial charge < -0.3 is 15.1 Å². The molecule has 7 heteroatoms. The third-order valence-corrected chi connectivity index (χ3v) is 3.87. The summed E-state index contributed by atoms with van der Waals surface area (Å²) in [6, 6.07) is 8.60. The Morgan fingerprint density at radius 2 is 1.87 bits per heavy atom. The Bertz CT molecular complexity index is 917. The summed E-state index contributed by atoms with van der Waals surface area (Å²) in [5.74, 6) is -0.261. The van der Waals surface area contributed by atoms with Crippen LogP contribution in [0.1, 0.15) is 23.1 Å². The van der Waals surface area contributed by atoms with E-state index in [9.17, 15) is 10.2 Å². The SMILES string of the molecule is Oc1cc2c(cc1O)/C(=N/OCc1ccc3nonc3c1)CC2. The number of hydrogen-bond acceptors (Lipinski definition) is 7. The molecule has 7 nitrogen and oxygen atoms in total. The second-order valence-electron chi connectivity index (χ2n) is 5.40. The number of hydrogen-bond donors (Lipinski definition) is 2. The van der Waals surface area contributed by atoms with Gasteiger partial charge in [-0.25, -0.2) is 4.63 Å². The van der Waals surface area contributed by atoms with Gasteiger partial charge in [-0.1, -0.05) is 11.2 Å². The van der Waals surface area contributed by atoms with Gasteiger partial charge in [-0.05, 0) is 58.5 Å². The first-order valence-corrected chi connectivity index (χ1v) is 7.16. The number of phenols is 2. The summed E-state index contributed by atoms with van der Waals surface area (Å²) in [5, 5.41) is 30.8. The van der Waals surface area contributed by atoms with Gasteiger partial charge in [-0.15, -0.1) is 0 Å². The average Bonchev–Trinajstić information content (AvgIpc) is 3.15. The number of nitrogens with zero attached hydrogens (tertiary/aromatic N) is 3. The number of rotatable bonds is 3. The third-order valence-electron chi connectivity index (χ3n) is 3.87. The molecular formula is C16H13N3O4. The van der Waals surface area contributed by atoms with Gasteiger partial charge in [-0.3, -0.25) is 0 Å². The molecule has 1 heterocycles. The van der Waals surface area contributed by atoms with Crippen molar-refractivity contribution in [1.29, 1.82) is 0 Å². The molecule has 1 aliphatic rings. The molecular weight excluding hydrogens is 298 g/mol. The molecule has 1 aromatic heterocycles. The van der Waals surface area contributed by atoms with Gasteiger partial charge in [-0.2, -0.15) is 0 Å². The summed E-state index contributed by atoms with van der Waals surface area (Å²) in [6.07, 6.45) is 1.48. The zero-order valence-corrected chi connectivity index (χ0v) is 12.1. The molecule has 0 bridgehead atoms. The minimum Gasteiger partial charge on any atom is -0.504 e. The smallest absolute Gasteiger partial charge is 0.158 e. The molecule has 0 atom stereocenters. The second kappa shape index (κ2) is 5.28. The van der Waals surface area contributed by atoms with E-state index in [1.54, 1.807) is 6.07 Å². The Morgan fingerprint density at radius 1 is 1.04 bits per heavy atom. The number of oxime groups is 1. The molecule has 0 unspecified atom stereocenters. The van der Waals surface area contributed by atoms with Crippen molar-refractivity contribution in [2.45, 2.75) is 19.4 Å². The van der Waals surface area contributed by atoms with E-state index >= 15 is 0 Å². The summed E-state index contributed by atoms with van der Waals surface area (Å²) in [6.45, 7) is 0.297. The lowest BCUT2D eigenvalue weighted by molar-refractivity contribution is 0.130. The van der Waals surface area contributed by atoms with Crippen LogP contribution in [-0.4, -0.2) is 26.2 Å². The van der Waals surface area contributed by atoms with Crippen LogP contribution in [-0.2, 0) is 17.9 Å². The summed E-state index contributed by atoms with van der Waals surface area (Å²) >= 11 is 0. The van der Waals surface area contributed by atoms with Crippen LogP contribution in [0.2, 0.25) is 0 Å². The van der Waals surface area contributed by atoms with Gasteiger partial charge in [0, 0.05) is 5.56 Å². The third kappa shape index (κ3) is 2.46. The average molecular weight is 311 g/mol. The number of fused-ring (bicyclic) bond motifs is 2. The normalized spacial score (nSPS) is 15.2. The number of benzene rings is 2. The van der Waals surface area contributed by atoms with Gasteiger partial charge >= 0.3 is 0 Å². The van der Waals surface area contributed by atoms with Crippen molar-refractivity contribution in [3.05, 3.63) is 47.0 Å². The fourth-order valence-electron chi connectivity index (χ4n) is 2.68. The highest BCUT2D eigenvalue weighted by Gasteiger charge is 2.20. The fraction of sp³-hybridized carbons (Fsp3) is 0.188. The van der Waals surface area contributed by atoms with E-state index in [-0.39, 0.29) is 11.5 Å². The molecule has 0 radical (unpaired) electrons. The lowest BCUT2D eigenvalue weighted by atomic mass is 10.1. The van der Waals surface area contributed by atoms with E-state index in [2.05, 4.69) is 20.1 Å². The summed E-state index contributed by atoms with van der Waals surface area (Å²) in [5.41, 5.74) is 4.81. The maximum Gasteiger partial charge on any atom is 0.158 e. The highest BCUT2D eigenvalue weighted by atomic mass is 16.6. The van der Waals surface area contributed by atoms with Gasteiger partial charge in [0.2, 0.25) is 0 Å². The summed E-state index contributed by atoms with van der Waals surface area (Å²) < 4.78 is 4.65. The second-order valence-corrected chi connectivity index (χ2v) is 5.40. The van der Waals surface area contributed by atoms with Gasteiger partial charge in [0.05, 0.1) is 5.71 Å². The maximum absolute atomic E-state index is 9.62. The van der Waals surface area contributed by atoms with Crippen molar-refractivity contribution < 1.29 is 19.7 Å². The van der Waals surface area contributed by atoms with E-state index in [4.69, 9.17) is 4.84 Å². The van der Waals surface area contributed by atoms with Crippen LogP contribution in [0.4, 0.5) is 0 Å². The van der Waals surface area contributed by atoms with Gasteiger partial charge in [0.15, 0.2) is 11.5 Å². The first-order valence-electron chi connectivity index (χ1n) is 7.16. The lowest BCUT2D eigenvalue weighted by Crippen LogP contribution is -1.97. The Balaban J connectivity index is 1.51. The molecule has 0 amide bonds. The predicted octanol–water partition coefficient (Wildman–Crippen LogP) is 2.50. The first kappa shape index (κ1) is 13.6. The molecule has 23 heavy (non-hydrogen) atoms. The van der Waals surface area contributed by atoms with Crippen molar-refractivity contribution >= 4 is 16.7 Å². The zero-order valence-electron chi connectivity index (χ0n) is 12.1. The minimum absolute atomic E-state index is 0.111. The standard InChI is InChI=1S/C16H13N3O4/c20-15-6-10-2-4-12(11(10)7-16(15)21)17-22-8-9-1-3-13-14(5-9)19-23-18-13/h1,3,5-7,20-21H,2,4,8H2/b17-12+. The van der Waals surface area contributed by atoms with Crippen LogP contribution >= 0.6 is 0 Å². The number of aromatic nitrogens is 2. The lowest BCUT2D eigenvalue weighted by Gasteiger charge is -2.04. The van der Waals surface area contributed by atoms with Crippen molar-refractivity contribution in [3.63, 3.8) is 0 Å². The van der Waals surface area contributed by atoms with Crippen LogP contribution in [0.15, 0.2) is 40.1 Å². The molecule has 0 aliphatic heterocycles. The summed E-state index contributed by atoms with van der Waals surface area (Å²) in [4.78, 5) is 5.42. The predicted molar refractivity (Wildman–Crippen MR) is 81.2 cm³/mol. The van der Waals surface area contributed by atoms with Gasteiger partial charge in [0.25, 0.3) is 0 Å². The molecule has 4 rings (SSSR count). The topological polar surface area (TPSA) is 101 Å². The molecule has 0 saturated heterocycles. The molecule has 0 saturated carbocycles. The Labute approximate surface area is 130 Å². The van der Waals surface area contributed by atoms with Crippen molar-refractivity contribution in [3.8, 4) is 11.5 Å². The van der Waals surface area contributed by atoms with Crippen molar-refractivity contribution in [2.24, 2.45) is 5.16 Å². The first-order chi connectivity index (χ1) is 11.2. The monoisotopic (exact) mass is 311 g/mol. The molecule has 0 spiro atoms. The fourth-order valence-corrected chi connectivity index (χ4v) is 2.68. The Hall–Kier alpha value is -3.09. The minimum atomic E-state index is -0.151. The van der Waals surface area contributed by atoms with E-state index in [0.717, 1.165) is 28.8 Å². The Kier molecular flexibility index (Phi) is 3.11. The van der Waals surface area contributed by atoms with Crippen LogP contribution < -0.4 is 0 Å². The molecule has 3 aromatic rings. The maximum atomic E-state index is 9.62. The van der Waals surface area contributed by atoms with Crippen molar-refractivity contribution in [2.75, 3.05) is 0 Å². The highest BCUT2D eigenvalue weighted by molar-refractivity contribution is 6.04. The molecule has 1 aliphatic carbocycles. The van der Waals surface area contributed by atoms with Crippen LogP contribution in [0.5, 0.6) is 11.5 Å². The zero-order chi connectivity index (χ0) is 15.8. The van der Waals surface area contributed by atoms with Crippen LogP contribution in [0.25, 0.3) is 11.0 Å². The van der Waals surface area contributed by atoms with E-state index in [0.29, 0.717) is 24.1 Å². The quantitative estimate of drug-likeness (QED) is 0.569. The number of aryl methyl sites for hydroxylation is 1. The van der Waals surface area contributed by atoms with Crippen LogP contribution in [0, 0.1) is 0 Å². The number of aromatic hydroxyl groups is 2. The van der Waals surface area contributed by atoms with Crippen LogP contribution in [0.3, 0.4) is 0 Å². The van der Waals surface area contributed by atoms with E-state index < -0.39 is 0 Å². The summed E-state index contributed by atoms with van der Waals surface area (Å²) in [7, 11) is 0. The molecule has 0 fully saturated rings. The van der Waals surface area contributed by atoms with E-state index in [1.807, 2.05) is 18.2 Å². The molecule has 2 aromatic carbocycles. The largest absolute Gasteiger partial charge is 0.504 e. The van der Waals surface area contributed by atoms with Gasteiger partial charge in [0.1, 0.15) is 17.6 Å². The van der Waals surface area contributed by atoms with E-state index in [1.165, 1.54) is 6.07 Å². The molecule has 116 valence electrons. The highest BCUT2D eigenvalue weighted by Crippen LogP contribution is 2.33.